The molecule has 122 valence electrons. The van der Waals surface area contributed by atoms with Gasteiger partial charge in [0.1, 0.15) is 5.75 Å². The van der Waals surface area contributed by atoms with Gasteiger partial charge in [-0.25, -0.2) is 4.79 Å². The van der Waals surface area contributed by atoms with Crippen LogP contribution in [0.15, 0.2) is 18.2 Å². The molecule has 0 heterocycles. The van der Waals surface area contributed by atoms with Gasteiger partial charge in [0.25, 0.3) is 0 Å². The highest BCUT2D eigenvalue weighted by Gasteiger charge is 2.08. The van der Waals surface area contributed by atoms with E-state index >= 15 is 0 Å². The van der Waals surface area contributed by atoms with Gasteiger partial charge in [0.2, 0.25) is 0 Å². The summed E-state index contributed by atoms with van der Waals surface area (Å²) in [6.45, 7) is 6.11. The first kappa shape index (κ1) is 18.1. The number of esters is 1. The number of hydrogen-bond donors (Lipinski definition) is 2. The highest BCUT2D eigenvalue weighted by atomic mass is 35.5. The second-order valence-corrected chi connectivity index (χ2v) is 5.15. The number of benzene rings is 1. The summed E-state index contributed by atoms with van der Waals surface area (Å²) in [6, 6.07) is 4.54. The molecule has 2 N–H and O–H groups in total. The third-order valence-electron chi connectivity index (χ3n) is 2.47. The number of halogens is 1. The van der Waals surface area contributed by atoms with E-state index in [2.05, 4.69) is 10.6 Å². The summed E-state index contributed by atoms with van der Waals surface area (Å²) in [5, 5.41) is 5.61. The summed E-state index contributed by atoms with van der Waals surface area (Å²) in [6.07, 6.45) is -0.0392. The molecule has 0 aliphatic rings. The van der Waals surface area contributed by atoms with Crippen LogP contribution in [0.1, 0.15) is 27.2 Å². The van der Waals surface area contributed by atoms with Crippen LogP contribution < -0.4 is 15.4 Å². The average molecular weight is 329 g/mol. The molecule has 22 heavy (non-hydrogen) atoms. The summed E-state index contributed by atoms with van der Waals surface area (Å²) in [5.41, 5.74) is 0.538. The van der Waals surface area contributed by atoms with Crippen LogP contribution in [0.5, 0.6) is 5.75 Å². The lowest BCUT2D eigenvalue weighted by atomic mass is 10.3. The summed E-state index contributed by atoms with van der Waals surface area (Å²) in [5.74, 6) is 0.214. The zero-order chi connectivity index (χ0) is 16.5. The molecule has 1 aromatic rings. The molecule has 1 aromatic carbocycles. The SMILES string of the molecule is CCOc1ccc(NC(=O)NCCC(=O)OC(C)C)cc1Cl. The van der Waals surface area contributed by atoms with Gasteiger partial charge in [-0.05, 0) is 39.0 Å². The molecule has 0 saturated carbocycles. The highest BCUT2D eigenvalue weighted by Crippen LogP contribution is 2.27. The number of nitrogens with one attached hydrogen (secondary N) is 2. The molecule has 7 heteroatoms. The standard InChI is InChI=1S/C15H21ClN2O4/c1-4-21-13-6-5-11(9-12(13)16)18-15(20)17-8-7-14(19)22-10(2)3/h5-6,9-10H,4,7-8H2,1-3H3,(H2,17,18,20). The van der Waals surface area contributed by atoms with Crippen LogP contribution in [-0.4, -0.2) is 31.3 Å². The van der Waals surface area contributed by atoms with Gasteiger partial charge in [-0.2, -0.15) is 0 Å². The second kappa shape index (κ2) is 9.15. The number of ether oxygens (including phenoxy) is 2. The minimum atomic E-state index is -0.419. The van der Waals surface area contributed by atoms with Gasteiger partial charge < -0.3 is 20.1 Å². The Hall–Kier alpha value is -1.95. The van der Waals surface area contributed by atoms with E-state index in [9.17, 15) is 9.59 Å². The van der Waals surface area contributed by atoms with E-state index in [1.165, 1.54) is 0 Å². The van der Waals surface area contributed by atoms with Crippen molar-refractivity contribution in [1.29, 1.82) is 0 Å². The zero-order valence-electron chi connectivity index (χ0n) is 12.9. The van der Waals surface area contributed by atoms with Crippen molar-refractivity contribution in [3.8, 4) is 5.75 Å². The first-order valence-electron chi connectivity index (χ1n) is 7.09. The number of urea groups is 1. The minimum Gasteiger partial charge on any atom is -0.492 e. The van der Waals surface area contributed by atoms with Crippen LogP contribution in [0.3, 0.4) is 0 Å². The summed E-state index contributed by atoms with van der Waals surface area (Å²) < 4.78 is 10.3. The van der Waals surface area contributed by atoms with E-state index in [1.54, 1.807) is 32.0 Å². The van der Waals surface area contributed by atoms with Crippen molar-refractivity contribution in [2.45, 2.75) is 33.3 Å². The van der Waals surface area contributed by atoms with Gasteiger partial charge in [-0.3, -0.25) is 4.79 Å². The zero-order valence-corrected chi connectivity index (χ0v) is 13.7. The Bertz CT molecular complexity index is 520. The molecule has 0 aromatic heterocycles. The van der Waals surface area contributed by atoms with Crippen LogP contribution in [0.25, 0.3) is 0 Å². The lowest BCUT2D eigenvalue weighted by molar-refractivity contribution is -0.147. The molecule has 0 aliphatic carbocycles. The topological polar surface area (TPSA) is 76.7 Å². The lowest BCUT2D eigenvalue weighted by Gasteiger charge is -2.11. The van der Waals surface area contributed by atoms with Gasteiger partial charge in [0.15, 0.2) is 0 Å². The van der Waals surface area contributed by atoms with Crippen LogP contribution >= 0.6 is 11.6 Å². The lowest BCUT2D eigenvalue weighted by Crippen LogP contribution is -2.31. The Morgan fingerprint density at radius 3 is 2.64 bits per heavy atom. The molecule has 1 rings (SSSR count). The van der Waals surface area contributed by atoms with E-state index in [4.69, 9.17) is 21.1 Å². The Kier molecular flexibility index (Phi) is 7.52. The molecule has 0 bridgehead atoms. The first-order valence-corrected chi connectivity index (χ1v) is 7.46. The van der Waals surface area contributed by atoms with E-state index < -0.39 is 6.03 Å². The van der Waals surface area contributed by atoms with E-state index in [0.29, 0.717) is 23.1 Å². The molecule has 0 unspecified atom stereocenters. The maximum Gasteiger partial charge on any atom is 0.319 e. The van der Waals surface area contributed by atoms with Gasteiger partial charge in [-0.1, -0.05) is 11.6 Å². The fourth-order valence-electron chi connectivity index (χ4n) is 1.63. The quantitative estimate of drug-likeness (QED) is 0.753. The van der Waals surface area contributed by atoms with Crippen molar-refractivity contribution in [3.05, 3.63) is 23.2 Å². The number of hydrogen-bond acceptors (Lipinski definition) is 4. The Balaban J connectivity index is 2.39. The fourth-order valence-corrected chi connectivity index (χ4v) is 1.86. The monoisotopic (exact) mass is 328 g/mol. The summed E-state index contributed by atoms with van der Waals surface area (Å²) in [4.78, 5) is 23.0. The fraction of sp³-hybridized carbons (Fsp3) is 0.467. The Labute approximate surface area is 135 Å². The van der Waals surface area contributed by atoms with Crippen molar-refractivity contribution in [2.75, 3.05) is 18.5 Å². The maximum atomic E-state index is 11.7. The van der Waals surface area contributed by atoms with E-state index in [1.807, 2.05) is 6.92 Å². The van der Waals surface area contributed by atoms with Crippen LogP contribution in [-0.2, 0) is 9.53 Å². The number of carbonyl (C=O) groups is 2. The molecular formula is C15H21ClN2O4. The van der Waals surface area contributed by atoms with Gasteiger partial charge in [-0.15, -0.1) is 0 Å². The average Bonchev–Trinajstić information content (AvgIpc) is 2.41. The number of anilines is 1. The Morgan fingerprint density at radius 2 is 2.05 bits per heavy atom. The van der Waals surface area contributed by atoms with Crippen molar-refractivity contribution < 1.29 is 19.1 Å². The molecule has 0 fully saturated rings. The largest absolute Gasteiger partial charge is 0.492 e. The van der Waals surface area contributed by atoms with Crippen LogP contribution in [0.2, 0.25) is 5.02 Å². The summed E-state index contributed by atoms with van der Waals surface area (Å²) in [7, 11) is 0. The van der Waals surface area contributed by atoms with Gasteiger partial charge in [0.05, 0.1) is 24.2 Å². The molecule has 6 nitrogen and oxygen atoms in total. The molecular weight excluding hydrogens is 308 g/mol. The molecule has 0 aliphatic heterocycles. The maximum absolute atomic E-state index is 11.7. The third-order valence-corrected chi connectivity index (χ3v) is 2.77. The molecule has 0 spiro atoms. The van der Waals surface area contributed by atoms with Crippen molar-refractivity contribution in [2.24, 2.45) is 0 Å². The molecule has 0 saturated heterocycles. The van der Waals surface area contributed by atoms with Crippen molar-refractivity contribution >= 4 is 29.3 Å². The predicted molar refractivity (Wildman–Crippen MR) is 85.5 cm³/mol. The predicted octanol–water partition coefficient (Wildman–Crippen LogP) is 3.20. The van der Waals surface area contributed by atoms with E-state index in [-0.39, 0.29) is 25.0 Å². The molecule has 2 amide bonds. The smallest absolute Gasteiger partial charge is 0.319 e. The van der Waals surface area contributed by atoms with E-state index in [0.717, 1.165) is 0 Å². The summed E-state index contributed by atoms with van der Waals surface area (Å²) >= 11 is 6.03. The van der Waals surface area contributed by atoms with Gasteiger partial charge >= 0.3 is 12.0 Å². The third kappa shape index (κ3) is 6.67. The molecule has 0 atom stereocenters. The number of carbonyl (C=O) groups excluding carboxylic acids is 2. The van der Waals surface area contributed by atoms with Crippen LogP contribution in [0, 0.1) is 0 Å². The highest BCUT2D eigenvalue weighted by molar-refractivity contribution is 6.32. The van der Waals surface area contributed by atoms with Crippen LogP contribution in [0.4, 0.5) is 10.5 Å². The Morgan fingerprint density at radius 1 is 1.32 bits per heavy atom. The van der Waals surface area contributed by atoms with Gasteiger partial charge in [0, 0.05) is 12.2 Å². The molecule has 0 radical (unpaired) electrons. The van der Waals surface area contributed by atoms with Crippen molar-refractivity contribution in [1.82, 2.24) is 5.32 Å². The minimum absolute atomic E-state index is 0.121. The second-order valence-electron chi connectivity index (χ2n) is 4.75. The van der Waals surface area contributed by atoms with Crippen molar-refractivity contribution in [3.63, 3.8) is 0 Å². The number of rotatable bonds is 7. The first-order chi connectivity index (χ1) is 10.4. The normalized spacial score (nSPS) is 10.2. The number of amides is 2.